The van der Waals surface area contributed by atoms with Crippen molar-refractivity contribution in [1.29, 1.82) is 0 Å². The van der Waals surface area contributed by atoms with E-state index in [1.165, 1.54) is 4.90 Å². The monoisotopic (exact) mass is 247 g/mol. The molecule has 1 unspecified atom stereocenters. The van der Waals surface area contributed by atoms with Gasteiger partial charge in [-0.3, -0.25) is 0 Å². The van der Waals surface area contributed by atoms with E-state index in [4.69, 9.17) is 0 Å². The van der Waals surface area contributed by atoms with Gasteiger partial charge in [-0.15, -0.1) is 11.8 Å². The molecule has 1 N–H and O–H groups in total. The molecule has 1 aromatic rings. The summed E-state index contributed by atoms with van der Waals surface area (Å²) >= 11 is 1.69. The van der Waals surface area contributed by atoms with Gasteiger partial charge in [0.15, 0.2) is 0 Å². The standard InChI is InChI=1S/C11H12F3NS/c12-11(13,14)5-6-15-9-7-16-10-4-2-1-3-8(9)10/h1-4,9,15H,5-7H2. The summed E-state index contributed by atoms with van der Waals surface area (Å²) < 4.78 is 35.9. The van der Waals surface area contributed by atoms with Gasteiger partial charge in [-0.1, -0.05) is 18.2 Å². The number of fused-ring (bicyclic) bond motifs is 1. The van der Waals surface area contributed by atoms with Crippen molar-refractivity contribution in [3.63, 3.8) is 0 Å². The number of hydrogen-bond acceptors (Lipinski definition) is 2. The number of alkyl halides is 3. The van der Waals surface area contributed by atoms with Crippen molar-refractivity contribution in [3.8, 4) is 0 Å². The molecule has 0 radical (unpaired) electrons. The van der Waals surface area contributed by atoms with E-state index in [0.717, 1.165) is 11.3 Å². The summed E-state index contributed by atoms with van der Waals surface area (Å²) in [5.41, 5.74) is 1.12. The van der Waals surface area contributed by atoms with Crippen LogP contribution in [0.3, 0.4) is 0 Å². The number of thioether (sulfide) groups is 1. The lowest BCUT2D eigenvalue weighted by atomic mass is 10.1. The predicted octanol–water partition coefficient (Wildman–Crippen LogP) is 3.38. The average Bonchev–Trinajstić information content (AvgIpc) is 2.60. The number of halogens is 3. The van der Waals surface area contributed by atoms with E-state index in [0.29, 0.717) is 0 Å². The van der Waals surface area contributed by atoms with E-state index >= 15 is 0 Å². The van der Waals surface area contributed by atoms with Gasteiger partial charge in [0.05, 0.1) is 6.42 Å². The Labute approximate surface area is 96.4 Å². The van der Waals surface area contributed by atoms with Crippen molar-refractivity contribution in [1.82, 2.24) is 5.32 Å². The zero-order chi connectivity index (χ0) is 11.6. The minimum Gasteiger partial charge on any atom is -0.309 e. The Morgan fingerprint density at radius 1 is 1.31 bits per heavy atom. The first kappa shape index (κ1) is 11.8. The van der Waals surface area contributed by atoms with Crippen molar-refractivity contribution < 1.29 is 13.2 Å². The Hall–Kier alpha value is -0.680. The summed E-state index contributed by atoms with van der Waals surface area (Å²) in [6, 6.07) is 7.91. The quantitative estimate of drug-likeness (QED) is 0.878. The fourth-order valence-corrected chi connectivity index (χ4v) is 2.92. The van der Waals surface area contributed by atoms with Gasteiger partial charge in [-0.25, -0.2) is 0 Å². The van der Waals surface area contributed by atoms with Crippen LogP contribution in [0.2, 0.25) is 0 Å². The highest BCUT2D eigenvalue weighted by Gasteiger charge is 2.28. The van der Waals surface area contributed by atoms with Crippen LogP contribution in [0.25, 0.3) is 0 Å². The number of nitrogens with one attached hydrogen (secondary N) is 1. The molecular formula is C11H12F3NS. The third-order valence-electron chi connectivity index (χ3n) is 2.50. The van der Waals surface area contributed by atoms with E-state index in [1.807, 2.05) is 24.3 Å². The molecule has 2 rings (SSSR count). The summed E-state index contributed by atoms with van der Waals surface area (Å²) in [7, 11) is 0. The highest BCUT2D eigenvalue weighted by atomic mass is 32.2. The smallest absolute Gasteiger partial charge is 0.309 e. The molecule has 0 fully saturated rings. The summed E-state index contributed by atoms with van der Waals surface area (Å²) in [6.45, 7) is -0.0109. The van der Waals surface area contributed by atoms with Gasteiger partial charge in [0.2, 0.25) is 0 Å². The Kier molecular flexibility index (Phi) is 3.44. The minimum atomic E-state index is -4.07. The van der Waals surface area contributed by atoms with Gasteiger partial charge in [-0.05, 0) is 11.6 Å². The first-order valence-corrected chi connectivity index (χ1v) is 6.07. The molecule has 0 aliphatic carbocycles. The molecule has 0 spiro atoms. The second-order valence-corrected chi connectivity index (χ2v) is 4.78. The molecule has 1 nitrogen and oxygen atoms in total. The van der Waals surface area contributed by atoms with E-state index < -0.39 is 12.6 Å². The number of hydrogen-bond donors (Lipinski definition) is 1. The van der Waals surface area contributed by atoms with Gasteiger partial charge < -0.3 is 5.32 Å². The maximum absolute atomic E-state index is 12.0. The lowest BCUT2D eigenvalue weighted by molar-refractivity contribution is -0.133. The normalized spacial score (nSPS) is 19.8. The molecule has 0 saturated carbocycles. The third kappa shape index (κ3) is 2.92. The van der Waals surface area contributed by atoms with Gasteiger partial charge in [-0.2, -0.15) is 13.2 Å². The molecule has 88 valence electrons. The Morgan fingerprint density at radius 3 is 2.81 bits per heavy atom. The van der Waals surface area contributed by atoms with Crippen molar-refractivity contribution in [2.45, 2.75) is 23.5 Å². The van der Waals surface area contributed by atoms with Gasteiger partial charge in [0.1, 0.15) is 0 Å². The average molecular weight is 247 g/mol. The minimum absolute atomic E-state index is 0.0109. The molecule has 16 heavy (non-hydrogen) atoms. The summed E-state index contributed by atoms with van der Waals surface area (Å²) in [4.78, 5) is 1.17. The SMILES string of the molecule is FC(F)(F)CCNC1CSc2ccccc21. The van der Waals surface area contributed by atoms with Crippen LogP contribution < -0.4 is 5.32 Å². The van der Waals surface area contributed by atoms with Gasteiger partial charge in [0.25, 0.3) is 0 Å². The lowest BCUT2D eigenvalue weighted by Gasteiger charge is -2.14. The topological polar surface area (TPSA) is 12.0 Å². The second-order valence-electron chi connectivity index (χ2n) is 3.72. The molecule has 0 bridgehead atoms. The summed E-state index contributed by atoms with van der Waals surface area (Å²) in [6.07, 6.45) is -4.84. The molecule has 5 heteroatoms. The van der Waals surface area contributed by atoms with Crippen LogP contribution in [0, 0.1) is 0 Å². The molecule has 0 amide bonds. The molecule has 0 saturated heterocycles. The number of benzene rings is 1. The zero-order valence-corrected chi connectivity index (χ0v) is 9.37. The fourth-order valence-electron chi connectivity index (χ4n) is 1.72. The summed E-state index contributed by atoms with van der Waals surface area (Å²) in [5, 5.41) is 2.95. The summed E-state index contributed by atoms with van der Waals surface area (Å²) in [5.74, 6) is 0.817. The molecule has 1 aromatic carbocycles. The van der Waals surface area contributed by atoms with Gasteiger partial charge in [0, 0.05) is 23.2 Å². The van der Waals surface area contributed by atoms with Gasteiger partial charge >= 0.3 is 6.18 Å². The number of rotatable bonds is 3. The first-order chi connectivity index (χ1) is 7.56. The Balaban J connectivity index is 1.89. The molecule has 0 aromatic heterocycles. The molecular weight excluding hydrogens is 235 g/mol. The van der Waals surface area contributed by atoms with Crippen LogP contribution in [0.15, 0.2) is 29.2 Å². The molecule has 1 aliphatic rings. The van der Waals surface area contributed by atoms with Crippen molar-refractivity contribution >= 4 is 11.8 Å². The maximum Gasteiger partial charge on any atom is 0.390 e. The fraction of sp³-hybridized carbons (Fsp3) is 0.455. The highest BCUT2D eigenvalue weighted by molar-refractivity contribution is 7.99. The van der Waals surface area contributed by atoms with Crippen LogP contribution >= 0.6 is 11.8 Å². The van der Waals surface area contributed by atoms with E-state index in [-0.39, 0.29) is 12.6 Å². The molecule has 1 aliphatic heterocycles. The zero-order valence-electron chi connectivity index (χ0n) is 8.55. The second kappa shape index (κ2) is 4.67. The van der Waals surface area contributed by atoms with Crippen LogP contribution in [-0.4, -0.2) is 18.5 Å². The predicted molar refractivity (Wildman–Crippen MR) is 58.6 cm³/mol. The van der Waals surface area contributed by atoms with E-state index in [2.05, 4.69) is 5.32 Å². The van der Waals surface area contributed by atoms with Crippen molar-refractivity contribution in [2.75, 3.05) is 12.3 Å². The largest absolute Gasteiger partial charge is 0.390 e. The van der Waals surface area contributed by atoms with Crippen LogP contribution in [-0.2, 0) is 0 Å². The van der Waals surface area contributed by atoms with Crippen LogP contribution in [0.1, 0.15) is 18.0 Å². The maximum atomic E-state index is 12.0. The lowest BCUT2D eigenvalue weighted by Crippen LogP contribution is -2.26. The molecule has 1 atom stereocenters. The van der Waals surface area contributed by atoms with Crippen molar-refractivity contribution in [2.24, 2.45) is 0 Å². The Bertz CT molecular complexity index is 364. The van der Waals surface area contributed by atoms with E-state index in [1.54, 1.807) is 11.8 Å². The Morgan fingerprint density at radius 2 is 2.06 bits per heavy atom. The van der Waals surface area contributed by atoms with Crippen LogP contribution in [0.5, 0.6) is 0 Å². The van der Waals surface area contributed by atoms with Crippen molar-refractivity contribution in [3.05, 3.63) is 29.8 Å². The van der Waals surface area contributed by atoms with E-state index in [9.17, 15) is 13.2 Å². The highest BCUT2D eigenvalue weighted by Crippen LogP contribution is 2.37. The third-order valence-corrected chi connectivity index (χ3v) is 3.68. The molecule has 1 heterocycles. The van der Waals surface area contributed by atoms with Crippen LogP contribution in [0.4, 0.5) is 13.2 Å². The first-order valence-electron chi connectivity index (χ1n) is 5.08.